The van der Waals surface area contributed by atoms with Crippen LogP contribution in [0.5, 0.6) is 0 Å². The van der Waals surface area contributed by atoms with Crippen LogP contribution in [-0.4, -0.2) is 18.1 Å². The molecule has 0 atom stereocenters. The lowest BCUT2D eigenvalue weighted by molar-refractivity contribution is 0.0593. The van der Waals surface area contributed by atoms with Gasteiger partial charge in [-0.3, -0.25) is 0 Å². The van der Waals surface area contributed by atoms with Crippen molar-refractivity contribution in [2.75, 3.05) is 7.11 Å². The molecule has 0 saturated carbocycles. The molecule has 6 heteroatoms. The average Bonchev–Trinajstić information content (AvgIpc) is 2.37. The van der Waals surface area contributed by atoms with Crippen LogP contribution in [0, 0.1) is 3.57 Å². The Labute approximate surface area is 134 Å². The van der Waals surface area contributed by atoms with E-state index in [1.165, 1.54) is 7.11 Å². The van der Waals surface area contributed by atoms with Crippen molar-refractivity contribution in [3.8, 4) is 11.1 Å². The fraction of sp³-hybridized carbons (Fsp3) is 0.0769. The van der Waals surface area contributed by atoms with Crippen LogP contribution in [0.4, 0.5) is 0 Å². The molecule has 1 aromatic carbocycles. The number of hydrogen-bond acceptors (Lipinski definition) is 3. The molecule has 0 aliphatic rings. The average molecular weight is 408 g/mol. The third kappa shape index (κ3) is 3.19. The van der Waals surface area contributed by atoms with Crippen LogP contribution in [0.2, 0.25) is 10.0 Å². The van der Waals surface area contributed by atoms with Crippen LogP contribution in [0.15, 0.2) is 30.5 Å². The minimum atomic E-state index is -0.460. The predicted octanol–water partition coefficient (Wildman–Crippen LogP) is 4.45. The number of rotatable bonds is 2. The number of benzene rings is 1. The number of carbonyl (C=O) groups is 1. The van der Waals surface area contributed by atoms with Gasteiger partial charge in [0.2, 0.25) is 0 Å². The number of aromatic nitrogens is 1. The quantitative estimate of drug-likeness (QED) is 0.545. The third-order valence-corrected chi connectivity index (χ3v) is 3.83. The Bertz CT molecular complexity index is 647. The number of methoxy groups -OCH3 is 1. The zero-order valence-electron chi connectivity index (χ0n) is 9.78. The Morgan fingerprint density at radius 2 is 2.05 bits per heavy atom. The van der Waals surface area contributed by atoms with Gasteiger partial charge in [-0.15, -0.1) is 0 Å². The number of nitrogens with zero attached hydrogens (tertiary/aromatic N) is 1. The van der Waals surface area contributed by atoms with E-state index >= 15 is 0 Å². The first-order valence-electron chi connectivity index (χ1n) is 5.22. The molecule has 98 valence electrons. The van der Waals surface area contributed by atoms with Gasteiger partial charge in [0.25, 0.3) is 0 Å². The molecule has 2 aromatic rings. The molecule has 0 fully saturated rings. The summed E-state index contributed by atoms with van der Waals surface area (Å²) >= 11 is 14.0. The van der Waals surface area contributed by atoms with Crippen LogP contribution < -0.4 is 0 Å². The molecule has 1 aromatic heterocycles. The van der Waals surface area contributed by atoms with E-state index in [4.69, 9.17) is 23.2 Å². The second-order valence-electron chi connectivity index (χ2n) is 3.67. The molecular formula is C13H8Cl2INO2. The van der Waals surface area contributed by atoms with Crippen LogP contribution >= 0.6 is 45.8 Å². The largest absolute Gasteiger partial charge is 0.464 e. The van der Waals surface area contributed by atoms with Crippen LogP contribution in [0.3, 0.4) is 0 Å². The molecule has 0 unspecified atom stereocenters. The van der Waals surface area contributed by atoms with E-state index in [1.54, 1.807) is 18.3 Å². The summed E-state index contributed by atoms with van der Waals surface area (Å²) < 4.78 is 5.35. The summed E-state index contributed by atoms with van der Waals surface area (Å²) in [6.07, 6.45) is 1.59. The highest BCUT2D eigenvalue weighted by atomic mass is 127. The van der Waals surface area contributed by atoms with Gasteiger partial charge in [-0.1, -0.05) is 29.3 Å². The molecule has 0 amide bonds. The molecular weight excluding hydrogens is 400 g/mol. The maximum atomic E-state index is 11.5. The number of carbonyl (C=O) groups excluding carboxylic acids is 1. The van der Waals surface area contributed by atoms with E-state index in [1.807, 2.05) is 34.7 Å². The monoisotopic (exact) mass is 407 g/mol. The number of pyridine rings is 1. The Hall–Kier alpha value is -0.850. The zero-order valence-corrected chi connectivity index (χ0v) is 13.5. The summed E-state index contributed by atoms with van der Waals surface area (Å²) in [5.41, 5.74) is 1.92. The first-order chi connectivity index (χ1) is 9.02. The Morgan fingerprint density at radius 3 is 2.63 bits per heavy atom. The lowest BCUT2D eigenvalue weighted by atomic mass is 10.1. The van der Waals surface area contributed by atoms with Crippen molar-refractivity contribution in [1.29, 1.82) is 0 Å². The molecule has 0 bridgehead atoms. The van der Waals surface area contributed by atoms with Gasteiger partial charge in [-0.05, 0) is 40.8 Å². The van der Waals surface area contributed by atoms with Crippen molar-refractivity contribution in [3.05, 3.63) is 49.8 Å². The van der Waals surface area contributed by atoms with E-state index in [2.05, 4.69) is 9.72 Å². The number of ether oxygens (including phenoxy) is 1. The number of hydrogen-bond donors (Lipinski definition) is 0. The summed E-state index contributed by atoms with van der Waals surface area (Å²) in [4.78, 5) is 15.6. The lowest BCUT2D eigenvalue weighted by Crippen LogP contribution is -2.06. The molecule has 0 spiro atoms. The molecule has 0 aliphatic heterocycles. The van der Waals surface area contributed by atoms with E-state index in [-0.39, 0.29) is 5.69 Å². The normalized spacial score (nSPS) is 10.3. The van der Waals surface area contributed by atoms with Crippen molar-refractivity contribution >= 4 is 51.8 Å². The highest BCUT2D eigenvalue weighted by Gasteiger charge is 2.14. The third-order valence-electron chi connectivity index (χ3n) is 2.46. The SMILES string of the molecule is COC(=O)c1ncc(-c2ccc(Cl)cc2Cl)cc1I. The Balaban J connectivity index is 2.47. The predicted molar refractivity (Wildman–Crippen MR) is 83.7 cm³/mol. The van der Waals surface area contributed by atoms with E-state index in [9.17, 15) is 4.79 Å². The smallest absolute Gasteiger partial charge is 0.357 e. The van der Waals surface area contributed by atoms with Crippen LogP contribution in [0.25, 0.3) is 11.1 Å². The molecule has 0 radical (unpaired) electrons. The topological polar surface area (TPSA) is 39.2 Å². The first kappa shape index (κ1) is 14.6. The molecule has 0 aliphatic carbocycles. The van der Waals surface area contributed by atoms with Crippen LogP contribution in [0.1, 0.15) is 10.5 Å². The van der Waals surface area contributed by atoms with Crippen molar-refractivity contribution < 1.29 is 9.53 Å². The maximum absolute atomic E-state index is 11.5. The fourth-order valence-electron chi connectivity index (χ4n) is 1.56. The van der Waals surface area contributed by atoms with Gasteiger partial charge in [-0.25, -0.2) is 9.78 Å². The molecule has 1 heterocycles. The Morgan fingerprint density at radius 1 is 1.32 bits per heavy atom. The Kier molecular flexibility index (Phi) is 4.65. The van der Waals surface area contributed by atoms with Gasteiger partial charge in [-0.2, -0.15) is 0 Å². The standard InChI is InChI=1S/C13H8Cl2INO2/c1-19-13(18)12-11(16)4-7(6-17-12)9-3-2-8(14)5-10(9)15/h2-6H,1H3. The summed E-state index contributed by atoms with van der Waals surface area (Å²) in [5, 5.41) is 1.11. The molecule has 3 nitrogen and oxygen atoms in total. The minimum Gasteiger partial charge on any atom is -0.464 e. The highest BCUT2D eigenvalue weighted by molar-refractivity contribution is 14.1. The summed E-state index contributed by atoms with van der Waals surface area (Å²) in [7, 11) is 1.32. The summed E-state index contributed by atoms with van der Waals surface area (Å²) in [6.45, 7) is 0. The molecule has 0 N–H and O–H groups in total. The first-order valence-corrected chi connectivity index (χ1v) is 7.05. The lowest BCUT2D eigenvalue weighted by Gasteiger charge is -2.07. The molecule has 0 saturated heterocycles. The molecule has 2 rings (SSSR count). The van der Waals surface area contributed by atoms with Crippen LogP contribution in [-0.2, 0) is 4.74 Å². The number of halogens is 3. The fourth-order valence-corrected chi connectivity index (χ4v) is 2.77. The van der Waals surface area contributed by atoms with Crippen molar-refractivity contribution in [3.63, 3.8) is 0 Å². The van der Waals surface area contributed by atoms with E-state index in [0.29, 0.717) is 13.6 Å². The highest BCUT2D eigenvalue weighted by Crippen LogP contribution is 2.31. The van der Waals surface area contributed by atoms with Crippen molar-refractivity contribution in [1.82, 2.24) is 4.98 Å². The van der Waals surface area contributed by atoms with Gasteiger partial charge in [0, 0.05) is 30.9 Å². The van der Waals surface area contributed by atoms with E-state index < -0.39 is 5.97 Å². The summed E-state index contributed by atoms with van der Waals surface area (Å²) in [5.74, 6) is -0.460. The summed E-state index contributed by atoms with van der Waals surface area (Å²) in [6, 6.07) is 7.06. The van der Waals surface area contributed by atoms with Crippen molar-refractivity contribution in [2.45, 2.75) is 0 Å². The van der Waals surface area contributed by atoms with Gasteiger partial charge < -0.3 is 4.74 Å². The van der Waals surface area contributed by atoms with Gasteiger partial charge in [0.15, 0.2) is 5.69 Å². The van der Waals surface area contributed by atoms with Gasteiger partial charge >= 0.3 is 5.97 Å². The minimum absolute atomic E-state index is 0.289. The second-order valence-corrected chi connectivity index (χ2v) is 5.68. The maximum Gasteiger partial charge on any atom is 0.357 e. The van der Waals surface area contributed by atoms with Gasteiger partial charge in [0.1, 0.15) is 0 Å². The zero-order chi connectivity index (χ0) is 14.0. The number of esters is 1. The van der Waals surface area contributed by atoms with Gasteiger partial charge in [0.05, 0.1) is 7.11 Å². The van der Waals surface area contributed by atoms with E-state index in [0.717, 1.165) is 11.1 Å². The molecule has 19 heavy (non-hydrogen) atoms. The second kappa shape index (κ2) is 6.07. The van der Waals surface area contributed by atoms with Crippen molar-refractivity contribution in [2.24, 2.45) is 0 Å².